The zero-order chi connectivity index (χ0) is 11.1. The van der Waals surface area contributed by atoms with Gasteiger partial charge in [-0.2, -0.15) is 0 Å². The van der Waals surface area contributed by atoms with Crippen LogP contribution in [0.3, 0.4) is 0 Å². The van der Waals surface area contributed by atoms with E-state index in [1.165, 1.54) is 32.4 Å². The molecule has 1 N–H and O–H groups in total. The summed E-state index contributed by atoms with van der Waals surface area (Å²) in [5, 5.41) is 3.59. The minimum absolute atomic E-state index is 0.608. The highest BCUT2D eigenvalue weighted by Gasteiger charge is 2.23. The van der Waals surface area contributed by atoms with Crippen molar-refractivity contribution in [3.63, 3.8) is 0 Å². The normalized spacial score (nSPS) is 25.4. The Kier molecular flexibility index (Phi) is 6.22. The van der Waals surface area contributed by atoms with E-state index in [9.17, 15) is 0 Å². The first-order valence-electron chi connectivity index (χ1n) is 6.28. The fourth-order valence-corrected chi connectivity index (χ4v) is 2.40. The van der Waals surface area contributed by atoms with Gasteiger partial charge in [-0.1, -0.05) is 20.3 Å². The van der Waals surface area contributed by atoms with Gasteiger partial charge in [-0.15, -0.1) is 0 Å². The molecule has 1 aliphatic heterocycles. The molecule has 15 heavy (non-hydrogen) atoms. The van der Waals surface area contributed by atoms with E-state index in [0.717, 1.165) is 13.2 Å². The quantitative estimate of drug-likeness (QED) is 0.725. The third-order valence-corrected chi connectivity index (χ3v) is 3.27. The molecule has 2 unspecified atom stereocenters. The summed E-state index contributed by atoms with van der Waals surface area (Å²) < 4.78 is 5.28. The first-order chi connectivity index (χ1) is 7.31. The number of hydrogen-bond acceptors (Lipinski definition) is 3. The van der Waals surface area contributed by atoms with Gasteiger partial charge >= 0.3 is 0 Å². The predicted molar refractivity (Wildman–Crippen MR) is 64.2 cm³/mol. The lowest BCUT2D eigenvalue weighted by atomic mass is 10.1. The highest BCUT2D eigenvalue weighted by atomic mass is 16.5. The van der Waals surface area contributed by atoms with Crippen molar-refractivity contribution in [2.45, 2.75) is 45.2 Å². The van der Waals surface area contributed by atoms with Gasteiger partial charge in [0.2, 0.25) is 0 Å². The maximum atomic E-state index is 5.28. The van der Waals surface area contributed by atoms with Gasteiger partial charge in [-0.25, -0.2) is 0 Å². The van der Waals surface area contributed by atoms with E-state index in [1.807, 2.05) is 0 Å². The van der Waals surface area contributed by atoms with Crippen molar-refractivity contribution in [3.8, 4) is 0 Å². The molecule has 0 aromatic heterocycles. The molecular formula is C12H26N2O. The number of hydrogen-bond donors (Lipinski definition) is 1. The third kappa shape index (κ3) is 4.09. The Bertz CT molecular complexity index is 162. The molecule has 0 aromatic carbocycles. The lowest BCUT2D eigenvalue weighted by Crippen LogP contribution is -2.54. The Balaban J connectivity index is 2.39. The van der Waals surface area contributed by atoms with Crippen molar-refractivity contribution < 1.29 is 4.74 Å². The number of ether oxygens (including phenoxy) is 1. The summed E-state index contributed by atoms with van der Waals surface area (Å²) in [7, 11) is 1.80. The van der Waals surface area contributed by atoms with Crippen LogP contribution in [0.1, 0.15) is 33.1 Å². The van der Waals surface area contributed by atoms with Crippen LogP contribution >= 0.6 is 0 Å². The fraction of sp³-hybridized carbons (Fsp3) is 1.00. The second-order valence-electron chi connectivity index (χ2n) is 4.45. The number of methoxy groups -OCH3 is 1. The minimum Gasteiger partial charge on any atom is -0.383 e. The van der Waals surface area contributed by atoms with E-state index in [-0.39, 0.29) is 0 Å². The van der Waals surface area contributed by atoms with Crippen LogP contribution in [0.15, 0.2) is 0 Å². The Morgan fingerprint density at radius 1 is 1.47 bits per heavy atom. The van der Waals surface area contributed by atoms with Crippen LogP contribution < -0.4 is 5.32 Å². The van der Waals surface area contributed by atoms with Gasteiger partial charge in [0.15, 0.2) is 0 Å². The zero-order valence-corrected chi connectivity index (χ0v) is 10.5. The summed E-state index contributed by atoms with van der Waals surface area (Å²) in [6, 6.07) is 1.30. The van der Waals surface area contributed by atoms with Crippen LogP contribution in [0.25, 0.3) is 0 Å². The fourth-order valence-electron chi connectivity index (χ4n) is 2.40. The van der Waals surface area contributed by atoms with Gasteiger partial charge in [-0.05, 0) is 12.8 Å². The molecular weight excluding hydrogens is 188 g/mol. The van der Waals surface area contributed by atoms with Crippen LogP contribution in [0, 0.1) is 0 Å². The average Bonchev–Trinajstić information content (AvgIpc) is 2.27. The van der Waals surface area contributed by atoms with Gasteiger partial charge in [-0.3, -0.25) is 4.90 Å². The van der Waals surface area contributed by atoms with Crippen molar-refractivity contribution in [3.05, 3.63) is 0 Å². The van der Waals surface area contributed by atoms with Gasteiger partial charge < -0.3 is 10.1 Å². The first kappa shape index (κ1) is 12.9. The summed E-state index contributed by atoms with van der Waals surface area (Å²) in [6.45, 7) is 8.87. The van der Waals surface area contributed by atoms with Crippen molar-refractivity contribution >= 4 is 0 Å². The highest BCUT2D eigenvalue weighted by molar-refractivity contribution is 4.82. The largest absolute Gasteiger partial charge is 0.383 e. The second kappa shape index (κ2) is 7.20. The Morgan fingerprint density at radius 2 is 2.27 bits per heavy atom. The summed E-state index contributed by atoms with van der Waals surface area (Å²) in [6.07, 6.45) is 3.75. The van der Waals surface area contributed by atoms with Crippen LogP contribution in [0.5, 0.6) is 0 Å². The molecule has 2 atom stereocenters. The molecule has 0 aromatic rings. The summed E-state index contributed by atoms with van der Waals surface area (Å²) >= 11 is 0. The molecule has 1 rings (SSSR count). The Hall–Kier alpha value is -0.120. The smallest absolute Gasteiger partial charge is 0.0617 e. The number of piperazine rings is 1. The molecule has 90 valence electrons. The molecule has 3 heteroatoms. The van der Waals surface area contributed by atoms with Crippen molar-refractivity contribution in [2.24, 2.45) is 0 Å². The topological polar surface area (TPSA) is 24.5 Å². The molecule has 1 aliphatic rings. The molecule has 0 radical (unpaired) electrons. The maximum Gasteiger partial charge on any atom is 0.0617 e. The Labute approximate surface area is 94.2 Å². The van der Waals surface area contributed by atoms with Gasteiger partial charge in [0, 0.05) is 38.8 Å². The monoisotopic (exact) mass is 214 g/mol. The SMILES string of the molecule is CCCC1CN(C(CC)COC)CCN1. The molecule has 0 spiro atoms. The highest BCUT2D eigenvalue weighted by Crippen LogP contribution is 2.11. The molecule has 1 heterocycles. The summed E-state index contributed by atoms with van der Waals surface area (Å²) in [5.41, 5.74) is 0. The third-order valence-electron chi connectivity index (χ3n) is 3.27. The number of nitrogens with one attached hydrogen (secondary N) is 1. The zero-order valence-electron chi connectivity index (χ0n) is 10.5. The molecule has 1 fully saturated rings. The number of nitrogens with zero attached hydrogens (tertiary/aromatic N) is 1. The molecule has 0 amide bonds. The van der Waals surface area contributed by atoms with E-state index >= 15 is 0 Å². The maximum absolute atomic E-state index is 5.28. The predicted octanol–water partition coefficient (Wildman–Crippen LogP) is 1.49. The van der Waals surface area contributed by atoms with Crippen molar-refractivity contribution in [2.75, 3.05) is 33.4 Å². The summed E-state index contributed by atoms with van der Waals surface area (Å²) in [4.78, 5) is 2.58. The van der Waals surface area contributed by atoms with Gasteiger partial charge in [0.25, 0.3) is 0 Å². The van der Waals surface area contributed by atoms with E-state index in [0.29, 0.717) is 12.1 Å². The van der Waals surface area contributed by atoms with Gasteiger partial charge in [0.05, 0.1) is 6.61 Å². The van der Waals surface area contributed by atoms with Crippen molar-refractivity contribution in [1.82, 2.24) is 10.2 Å². The lowest BCUT2D eigenvalue weighted by molar-refractivity contribution is 0.0661. The van der Waals surface area contributed by atoms with Crippen LogP contribution in [0.4, 0.5) is 0 Å². The van der Waals surface area contributed by atoms with Gasteiger partial charge in [0.1, 0.15) is 0 Å². The van der Waals surface area contributed by atoms with E-state index in [4.69, 9.17) is 4.74 Å². The standard InChI is InChI=1S/C12H26N2O/c1-4-6-11-9-14(8-7-13-11)12(5-2)10-15-3/h11-13H,4-10H2,1-3H3. The van der Waals surface area contributed by atoms with Crippen LogP contribution in [0.2, 0.25) is 0 Å². The molecule has 3 nitrogen and oxygen atoms in total. The second-order valence-corrected chi connectivity index (χ2v) is 4.45. The molecule has 0 saturated carbocycles. The summed E-state index contributed by atoms with van der Waals surface area (Å²) in [5.74, 6) is 0. The van der Waals surface area contributed by atoms with E-state index in [2.05, 4.69) is 24.1 Å². The van der Waals surface area contributed by atoms with E-state index < -0.39 is 0 Å². The van der Waals surface area contributed by atoms with E-state index in [1.54, 1.807) is 7.11 Å². The lowest BCUT2D eigenvalue weighted by Gasteiger charge is -2.38. The van der Waals surface area contributed by atoms with Crippen molar-refractivity contribution in [1.29, 1.82) is 0 Å². The average molecular weight is 214 g/mol. The molecule has 1 saturated heterocycles. The number of rotatable bonds is 6. The molecule has 0 aliphatic carbocycles. The Morgan fingerprint density at radius 3 is 2.87 bits per heavy atom. The van der Waals surface area contributed by atoms with Crippen LogP contribution in [-0.4, -0.2) is 50.3 Å². The molecule has 0 bridgehead atoms. The first-order valence-corrected chi connectivity index (χ1v) is 6.28. The minimum atomic E-state index is 0.608. The van der Waals surface area contributed by atoms with Crippen LogP contribution in [-0.2, 0) is 4.74 Å².